The highest BCUT2D eigenvalue weighted by Gasteiger charge is 2.33. The maximum Gasteiger partial charge on any atom is 0.306 e. The van der Waals surface area contributed by atoms with Crippen LogP contribution in [0.3, 0.4) is 0 Å². The zero-order valence-electron chi connectivity index (χ0n) is 10.3. The van der Waals surface area contributed by atoms with Gasteiger partial charge in [-0.05, 0) is 19.8 Å². The van der Waals surface area contributed by atoms with Crippen molar-refractivity contribution in [2.75, 3.05) is 11.9 Å². The van der Waals surface area contributed by atoms with Gasteiger partial charge in [0.05, 0.1) is 20.2 Å². The minimum Gasteiger partial charge on any atom is -0.466 e. The molecule has 4 heteroatoms. The Labute approximate surface area is 103 Å². The van der Waals surface area contributed by atoms with Gasteiger partial charge in [-0.1, -0.05) is 42.0 Å². The van der Waals surface area contributed by atoms with Gasteiger partial charge in [0.2, 0.25) is 0 Å². The van der Waals surface area contributed by atoms with Gasteiger partial charge >= 0.3 is 5.97 Å². The number of esters is 1. The largest absolute Gasteiger partial charge is 0.466 e. The predicted octanol–water partition coefficient (Wildman–Crippen LogP) is 3.82. The monoisotopic (exact) mass is 294 g/mol. The van der Waals surface area contributed by atoms with Crippen molar-refractivity contribution in [2.24, 2.45) is 0 Å². The Morgan fingerprint density at radius 2 is 1.93 bits per heavy atom. The van der Waals surface area contributed by atoms with Crippen molar-refractivity contribution in [3.63, 3.8) is 0 Å². The number of unbranched alkanes of at least 4 members (excludes halogenated alkanes) is 1. The minimum absolute atomic E-state index is 0.0197. The van der Waals surface area contributed by atoms with Crippen LogP contribution in [0.4, 0.5) is 0 Å². The number of hydrogen-bond donors (Lipinski definition) is 0. The Kier molecular flexibility index (Phi) is 7.52. The Balaban J connectivity index is 4.25. The molecule has 1 unspecified atom stereocenters. The van der Waals surface area contributed by atoms with Crippen molar-refractivity contribution >= 4 is 30.0 Å². The Morgan fingerprint density at radius 1 is 1.33 bits per heavy atom. The topological polar surface area (TPSA) is 26.3 Å². The maximum atomic E-state index is 11.8. The molecule has 0 aliphatic rings. The highest BCUT2D eigenvalue weighted by atomic mass is 79.9. The zero-order valence-corrected chi connectivity index (χ0v) is 12.9. The molecule has 0 aromatic carbocycles. The molecule has 90 valence electrons. The zero-order chi connectivity index (χ0) is 11.9. The van der Waals surface area contributed by atoms with Crippen LogP contribution in [0.1, 0.15) is 26.2 Å². The van der Waals surface area contributed by atoms with E-state index in [4.69, 9.17) is 4.74 Å². The molecule has 0 radical (unpaired) electrons. The van der Waals surface area contributed by atoms with E-state index >= 15 is 0 Å². The van der Waals surface area contributed by atoms with Crippen molar-refractivity contribution in [3.05, 3.63) is 0 Å². The van der Waals surface area contributed by atoms with Crippen LogP contribution in [0.15, 0.2) is 0 Å². The number of alkyl halides is 1. The summed E-state index contributed by atoms with van der Waals surface area (Å²) in [6.45, 7) is 9.09. The van der Waals surface area contributed by atoms with Gasteiger partial charge in [0.1, 0.15) is 0 Å². The van der Waals surface area contributed by atoms with Crippen LogP contribution in [0.25, 0.3) is 0 Å². The normalized spacial score (nSPS) is 13.7. The second-order valence-electron chi connectivity index (χ2n) is 4.86. The number of carbonyl (C=O) groups is 1. The Bertz CT molecular complexity index is 190. The number of carbonyl (C=O) groups excluding carboxylic acids is 1. The summed E-state index contributed by atoms with van der Waals surface area (Å²) < 4.78 is 5.15. The first-order valence-electron chi connectivity index (χ1n) is 5.66. The molecule has 1 atom stereocenters. The minimum atomic E-state index is -1.43. The van der Waals surface area contributed by atoms with Crippen molar-refractivity contribution in [3.8, 4) is 0 Å². The summed E-state index contributed by atoms with van der Waals surface area (Å²) in [4.78, 5) is 11.8. The SMILES string of the molecule is CCOC(=O)C(CCCCBr)[Si](C)(C)C. The first-order chi connectivity index (χ1) is 6.93. The molecule has 0 aliphatic carbocycles. The molecule has 0 rings (SSSR count). The van der Waals surface area contributed by atoms with Gasteiger partial charge in [-0.15, -0.1) is 0 Å². The summed E-state index contributed by atoms with van der Waals surface area (Å²) >= 11 is 3.41. The number of rotatable bonds is 7. The van der Waals surface area contributed by atoms with Gasteiger partial charge in [-0.2, -0.15) is 0 Å². The third-order valence-corrected chi connectivity index (χ3v) is 5.67. The lowest BCUT2D eigenvalue weighted by Gasteiger charge is -2.26. The van der Waals surface area contributed by atoms with Gasteiger partial charge in [0, 0.05) is 5.33 Å². The van der Waals surface area contributed by atoms with Gasteiger partial charge < -0.3 is 4.74 Å². The second-order valence-corrected chi connectivity index (χ2v) is 11.1. The second kappa shape index (κ2) is 7.44. The molecular weight excluding hydrogens is 272 g/mol. The summed E-state index contributed by atoms with van der Waals surface area (Å²) in [5.74, 6) is 0.0197. The van der Waals surface area contributed by atoms with E-state index in [1.54, 1.807) is 0 Å². The summed E-state index contributed by atoms with van der Waals surface area (Å²) in [6.07, 6.45) is 3.24. The fourth-order valence-electron chi connectivity index (χ4n) is 1.59. The van der Waals surface area contributed by atoms with E-state index in [0.717, 1.165) is 24.6 Å². The van der Waals surface area contributed by atoms with Gasteiger partial charge in [0.15, 0.2) is 0 Å². The van der Waals surface area contributed by atoms with Crippen LogP contribution < -0.4 is 0 Å². The molecule has 0 aromatic rings. The van der Waals surface area contributed by atoms with E-state index in [1.807, 2.05) is 6.92 Å². The number of hydrogen-bond acceptors (Lipinski definition) is 2. The van der Waals surface area contributed by atoms with Crippen LogP contribution in [0, 0.1) is 0 Å². The molecule has 0 amide bonds. The van der Waals surface area contributed by atoms with Gasteiger partial charge in [-0.3, -0.25) is 4.79 Å². The quantitative estimate of drug-likeness (QED) is 0.309. The van der Waals surface area contributed by atoms with E-state index in [1.165, 1.54) is 0 Å². The molecule has 15 heavy (non-hydrogen) atoms. The molecule has 0 heterocycles. The average molecular weight is 295 g/mol. The van der Waals surface area contributed by atoms with Crippen molar-refractivity contribution < 1.29 is 9.53 Å². The molecule has 0 saturated heterocycles. The van der Waals surface area contributed by atoms with E-state index in [-0.39, 0.29) is 11.5 Å². The van der Waals surface area contributed by atoms with E-state index in [0.29, 0.717) is 6.61 Å². The molecule has 0 N–H and O–H groups in total. The van der Waals surface area contributed by atoms with Crippen molar-refractivity contribution in [1.82, 2.24) is 0 Å². The van der Waals surface area contributed by atoms with E-state index in [2.05, 4.69) is 35.6 Å². The summed E-state index contributed by atoms with van der Waals surface area (Å²) in [5, 5.41) is 1.02. The highest BCUT2D eigenvalue weighted by Crippen LogP contribution is 2.29. The third-order valence-electron chi connectivity index (χ3n) is 2.49. The third kappa shape index (κ3) is 6.35. The van der Waals surface area contributed by atoms with Gasteiger partial charge in [0.25, 0.3) is 0 Å². The molecule has 0 bridgehead atoms. The van der Waals surface area contributed by atoms with E-state index in [9.17, 15) is 4.79 Å². The lowest BCUT2D eigenvalue weighted by atomic mass is 10.2. The van der Waals surface area contributed by atoms with Gasteiger partial charge in [-0.25, -0.2) is 0 Å². The molecular formula is C11H23BrO2Si. The molecule has 0 spiro atoms. The lowest BCUT2D eigenvalue weighted by Crippen LogP contribution is -2.34. The van der Waals surface area contributed by atoms with E-state index < -0.39 is 8.07 Å². The number of ether oxygens (including phenoxy) is 1. The number of halogens is 1. The van der Waals surface area contributed by atoms with Crippen LogP contribution in [-0.2, 0) is 9.53 Å². The van der Waals surface area contributed by atoms with Crippen LogP contribution in [0.5, 0.6) is 0 Å². The molecule has 0 saturated carbocycles. The smallest absolute Gasteiger partial charge is 0.306 e. The molecule has 0 aliphatic heterocycles. The van der Waals surface area contributed by atoms with Crippen LogP contribution in [-0.4, -0.2) is 26.0 Å². The highest BCUT2D eigenvalue weighted by molar-refractivity contribution is 9.09. The van der Waals surface area contributed by atoms with Crippen molar-refractivity contribution in [2.45, 2.75) is 51.4 Å². The van der Waals surface area contributed by atoms with Crippen molar-refractivity contribution in [1.29, 1.82) is 0 Å². The Hall–Kier alpha value is 0.167. The first kappa shape index (κ1) is 15.2. The lowest BCUT2D eigenvalue weighted by molar-refractivity contribution is -0.143. The van der Waals surface area contributed by atoms with Crippen LogP contribution >= 0.6 is 15.9 Å². The fraction of sp³-hybridized carbons (Fsp3) is 0.909. The molecule has 2 nitrogen and oxygen atoms in total. The summed E-state index contributed by atoms with van der Waals surface area (Å²) in [6, 6.07) is 0. The fourth-order valence-corrected chi connectivity index (χ4v) is 3.85. The molecule has 0 fully saturated rings. The summed E-state index contributed by atoms with van der Waals surface area (Å²) in [5.41, 5.74) is 0.163. The standard InChI is InChI=1S/C11H23BrO2Si/c1-5-14-11(13)10(15(2,3)4)8-6-7-9-12/h10H,5-9H2,1-4H3. The van der Waals surface area contributed by atoms with Crippen LogP contribution in [0.2, 0.25) is 25.2 Å². The average Bonchev–Trinajstić information content (AvgIpc) is 2.10. The molecule has 0 aromatic heterocycles. The predicted molar refractivity (Wildman–Crippen MR) is 71.4 cm³/mol. The maximum absolute atomic E-state index is 11.8. The first-order valence-corrected chi connectivity index (χ1v) is 10.4. The Morgan fingerprint density at radius 3 is 2.33 bits per heavy atom. The summed E-state index contributed by atoms with van der Waals surface area (Å²) in [7, 11) is -1.43.